The van der Waals surface area contributed by atoms with E-state index in [4.69, 9.17) is 5.90 Å². The fraction of sp³-hybridized carbons (Fsp3) is 0.0625. The third kappa shape index (κ3) is 3.82. The maximum Gasteiger partial charge on any atom is 0.129 e. The number of benzene rings is 2. The van der Waals surface area contributed by atoms with E-state index in [9.17, 15) is 0 Å². The van der Waals surface area contributed by atoms with Gasteiger partial charge in [-0.3, -0.25) is 0 Å². The molecule has 0 aliphatic heterocycles. The monoisotopic (exact) mass is 391 g/mol. The van der Waals surface area contributed by atoms with Gasteiger partial charge in [0, 0.05) is 10.5 Å². The standard InChI is InChI=1S/C16H14BrN3O2S/c1-11-2-4-12(5-3-11)15-10-16(17)19-20(15)13-6-8-14(9-7-13)23-22-21-18/h2-10H,18H2,1H3. The molecule has 23 heavy (non-hydrogen) atoms. The third-order valence-corrected chi connectivity index (χ3v) is 4.28. The van der Waals surface area contributed by atoms with Crippen molar-refractivity contribution in [2.75, 3.05) is 0 Å². The lowest BCUT2D eigenvalue weighted by Gasteiger charge is -2.08. The molecule has 1 aromatic heterocycles. The Hall–Kier alpha value is -1.64. The van der Waals surface area contributed by atoms with Crippen molar-refractivity contribution in [3.8, 4) is 16.9 Å². The van der Waals surface area contributed by atoms with Crippen LogP contribution in [0, 0.1) is 6.92 Å². The Kier molecular flexibility index (Phi) is 5.14. The van der Waals surface area contributed by atoms with Crippen molar-refractivity contribution in [2.24, 2.45) is 5.90 Å². The van der Waals surface area contributed by atoms with Crippen LogP contribution in [0.5, 0.6) is 0 Å². The van der Waals surface area contributed by atoms with Crippen LogP contribution in [0.4, 0.5) is 0 Å². The average Bonchev–Trinajstić information content (AvgIpc) is 2.96. The highest BCUT2D eigenvalue weighted by Gasteiger charge is 2.10. The molecule has 0 saturated heterocycles. The van der Waals surface area contributed by atoms with Crippen molar-refractivity contribution in [3.05, 3.63) is 64.8 Å². The van der Waals surface area contributed by atoms with Crippen molar-refractivity contribution in [1.82, 2.24) is 9.78 Å². The molecule has 0 unspecified atom stereocenters. The zero-order valence-electron chi connectivity index (χ0n) is 12.3. The molecule has 118 valence electrons. The zero-order valence-corrected chi connectivity index (χ0v) is 14.7. The second-order valence-corrected chi connectivity index (χ2v) is 6.46. The van der Waals surface area contributed by atoms with Crippen LogP contribution >= 0.6 is 28.0 Å². The van der Waals surface area contributed by atoms with Crippen LogP contribution in [0.25, 0.3) is 16.9 Å². The van der Waals surface area contributed by atoms with E-state index in [1.165, 1.54) is 5.56 Å². The van der Waals surface area contributed by atoms with Crippen LogP contribution in [0.2, 0.25) is 0 Å². The molecule has 0 radical (unpaired) electrons. The van der Waals surface area contributed by atoms with Gasteiger partial charge in [0.25, 0.3) is 0 Å². The summed E-state index contributed by atoms with van der Waals surface area (Å²) in [6.07, 6.45) is 0. The summed E-state index contributed by atoms with van der Waals surface area (Å²) in [5.41, 5.74) is 4.29. The molecule has 3 aromatic rings. The Morgan fingerprint density at radius 1 is 1.09 bits per heavy atom. The highest BCUT2D eigenvalue weighted by atomic mass is 79.9. The highest BCUT2D eigenvalue weighted by molar-refractivity contribution is 9.10. The predicted molar refractivity (Wildman–Crippen MR) is 93.7 cm³/mol. The number of halogens is 1. The molecule has 0 spiro atoms. The van der Waals surface area contributed by atoms with Crippen LogP contribution in [-0.4, -0.2) is 9.78 Å². The summed E-state index contributed by atoms with van der Waals surface area (Å²) in [6.45, 7) is 2.07. The van der Waals surface area contributed by atoms with Gasteiger partial charge < -0.3 is 0 Å². The topological polar surface area (TPSA) is 62.3 Å². The Balaban J connectivity index is 1.95. The number of aryl methyl sites for hydroxylation is 1. The maximum atomic E-state index is 4.83. The molecule has 1 heterocycles. The lowest BCUT2D eigenvalue weighted by atomic mass is 10.1. The first-order chi connectivity index (χ1) is 11.2. The van der Waals surface area contributed by atoms with E-state index in [-0.39, 0.29) is 0 Å². The second-order valence-electron chi connectivity index (χ2n) is 4.87. The Morgan fingerprint density at radius 2 is 1.78 bits per heavy atom. The van der Waals surface area contributed by atoms with E-state index in [1.54, 1.807) is 0 Å². The molecule has 3 rings (SSSR count). The molecule has 0 amide bonds. The van der Waals surface area contributed by atoms with E-state index in [1.807, 2.05) is 35.0 Å². The maximum absolute atomic E-state index is 4.83. The van der Waals surface area contributed by atoms with E-state index < -0.39 is 0 Å². The predicted octanol–water partition coefficient (Wildman–Crippen LogP) is 4.44. The SMILES string of the molecule is Cc1ccc(-c2cc(Br)nn2-c2ccc(SOON)cc2)cc1. The Morgan fingerprint density at radius 3 is 2.43 bits per heavy atom. The Labute approximate surface area is 146 Å². The van der Waals surface area contributed by atoms with Gasteiger partial charge in [0.05, 0.1) is 23.4 Å². The van der Waals surface area contributed by atoms with Crippen LogP contribution in [0.15, 0.2) is 64.1 Å². The number of aromatic nitrogens is 2. The van der Waals surface area contributed by atoms with Crippen molar-refractivity contribution < 1.29 is 9.32 Å². The van der Waals surface area contributed by atoms with Crippen molar-refractivity contribution in [1.29, 1.82) is 0 Å². The van der Waals surface area contributed by atoms with Gasteiger partial charge >= 0.3 is 0 Å². The van der Waals surface area contributed by atoms with Crippen molar-refractivity contribution in [2.45, 2.75) is 11.8 Å². The molecule has 0 bridgehead atoms. The number of hydrogen-bond acceptors (Lipinski definition) is 5. The van der Waals surface area contributed by atoms with Crippen LogP contribution in [0.1, 0.15) is 5.56 Å². The summed E-state index contributed by atoms with van der Waals surface area (Å²) in [4.78, 5) is 4.97. The molecule has 0 fully saturated rings. The van der Waals surface area contributed by atoms with Gasteiger partial charge in [-0.1, -0.05) is 29.8 Å². The highest BCUT2D eigenvalue weighted by Crippen LogP contribution is 2.27. The van der Waals surface area contributed by atoms with E-state index >= 15 is 0 Å². The molecule has 0 aliphatic carbocycles. The molecule has 7 heteroatoms. The largest absolute Gasteiger partial charge is 0.232 e. The minimum atomic E-state index is 0.784. The number of rotatable bonds is 5. The summed E-state index contributed by atoms with van der Waals surface area (Å²) in [6, 6.07) is 18.1. The summed E-state index contributed by atoms with van der Waals surface area (Å²) >= 11 is 4.50. The van der Waals surface area contributed by atoms with Gasteiger partial charge in [-0.25, -0.2) is 4.68 Å². The fourth-order valence-corrected chi connectivity index (χ4v) is 2.92. The molecule has 5 nitrogen and oxygen atoms in total. The molecule has 0 saturated carbocycles. The van der Waals surface area contributed by atoms with Gasteiger partial charge in [-0.15, -0.1) is 9.32 Å². The lowest BCUT2D eigenvalue weighted by Crippen LogP contribution is -1.99. The van der Waals surface area contributed by atoms with Crippen LogP contribution in [-0.2, 0) is 9.32 Å². The zero-order chi connectivity index (χ0) is 16.2. The molecule has 0 atom stereocenters. The molecule has 2 N–H and O–H groups in total. The van der Waals surface area contributed by atoms with E-state index in [2.05, 4.69) is 61.5 Å². The minimum Gasteiger partial charge on any atom is -0.232 e. The number of hydrogen-bond donors (Lipinski definition) is 1. The van der Waals surface area contributed by atoms with Gasteiger partial charge in [-0.2, -0.15) is 11.0 Å². The minimum absolute atomic E-state index is 0.784. The summed E-state index contributed by atoms with van der Waals surface area (Å²) in [5.74, 6) is 4.83. The first-order valence-electron chi connectivity index (χ1n) is 6.80. The molecule has 2 aromatic carbocycles. The summed E-state index contributed by atoms with van der Waals surface area (Å²) < 4.78 is 7.31. The van der Waals surface area contributed by atoms with Gasteiger partial charge in [0.15, 0.2) is 0 Å². The first-order valence-corrected chi connectivity index (χ1v) is 8.34. The van der Waals surface area contributed by atoms with Crippen LogP contribution in [0.3, 0.4) is 0 Å². The normalized spacial score (nSPS) is 10.9. The van der Waals surface area contributed by atoms with Gasteiger partial charge in [-0.05, 0) is 53.2 Å². The number of nitrogens with zero attached hydrogens (tertiary/aromatic N) is 2. The fourth-order valence-electron chi connectivity index (χ4n) is 2.18. The van der Waals surface area contributed by atoms with Crippen molar-refractivity contribution >= 4 is 28.0 Å². The average molecular weight is 392 g/mol. The molecular formula is C16H14BrN3O2S. The van der Waals surface area contributed by atoms with Crippen LogP contribution < -0.4 is 5.90 Å². The van der Waals surface area contributed by atoms with Crippen molar-refractivity contribution in [3.63, 3.8) is 0 Å². The molecule has 0 aliphatic rings. The quantitative estimate of drug-likeness (QED) is 0.395. The van der Waals surface area contributed by atoms with E-state index in [0.29, 0.717) is 0 Å². The smallest absolute Gasteiger partial charge is 0.129 e. The van der Waals surface area contributed by atoms with Gasteiger partial charge in [0.2, 0.25) is 0 Å². The van der Waals surface area contributed by atoms with Gasteiger partial charge in [0.1, 0.15) is 4.60 Å². The summed E-state index contributed by atoms with van der Waals surface area (Å²) in [7, 11) is 0. The Bertz CT molecular complexity index is 788. The second kappa shape index (κ2) is 7.29. The first kappa shape index (κ1) is 16.2. The third-order valence-electron chi connectivity index (χ3n) is 3.28. The van der Waals surface area contributed by atoms with E-state index in [0.717, 1.165) is 38.5 Å². The lowest BCUT2D eigenvalue weighted by molar-refractivity contribution is -0.195. The molecular weight excluding hydrogens is 378 g/mol. The summed E-state index contributed by atoms with van der Waals surface area (Å²) in [5, 5.41) is 4.52. The number of nitrogens with two attached hydrogens (primary N) is 1.